The van der Waals surface area contributed by atoms with E-state index in [1.54, 1.807) is 0 Å². The van der Waals surface area contributed by atoms with Gasteiger partial charge in [0.1, 0.15) is 0 Å². The Kier molecular flexibility index (Phi) is 7.01. The van der Waals surface area contributed by atoms with Crippen LogP contribution in [0.15, 0.2) is 24.3 Å². The van der Waals surface area contributed by atoms with Gasteiger partial charge in [0, 0.05) is 37.8 Å². The molecule has 146 valence electrons. The Morgan fingerprint density at radius 1 is 1.19 bits per heavy atom. The number of ether oxygens (including phenoxy) is 1. The van der Waals surface area contributed by atoms with Crippen molar-refractivity contribution in [2.45, 2.75) is 45.6 Å². The van der Waals surface area contributed by atoms with Crippen molar-refractivity contribution >= 4 is 11.6 Å². The fraction of sp³-hybridized carbons (Fsp3) is 0.727. The highest BCUT2D eigenvalue weighted by atomic mass is 35.5. The van der Waals surface area contributed by atoms with Crippen molar-refractivity contribution in [3.8, 4) is 0 Å². The van der Waals surface area contributed by atoms with Crippen LogP contribution in [0.1, 0.15) is 38.7 Å². The predicted octanol–water partition coefficient (Wildman–Crippen LogP) is 4.34. The number of benzene rings is 1. The molecule has 1 aromatic carbocycles. The van der Waals surface area contributed by atoms with E-state index in [-0.39, 0.29) is 0 Å². The predicted molar refractivity (Wildman–Crippen MR) is 110 cm³/mol. The first kappa shape index (κ1) is 20.1. The summed E-state index contributed by atoms with van der Waals surface area (Å²) in [5, 5.41) is 0.916. The van der Waals surface area contributed by atoms with Gasteiger partial charge in [-0.1, -0.05) is 43.6 Å². The molecule has 2 unspecified atom stereocenters. The third kappa shape index (κ3) is 5.22. The molecule has 2 fully saturated rings. The van der Waals surface area contributed by atoms with E-state index in [0.29, 0.717) is 17.4 Å². The summed E-state index contributed by atoms with van der Waals surface area (Å²) >= 11 is 6.52. The van der Waals surface area contributed by atoms with Crippen molar-refractivity contribution < 1.29 is 4.74 Å². The van der Waals surface area contributed by atoms with Crippen LogP contribution in [0.4, 0.5) is 0 Å². The van der Waals surface area contributed by atoms with Crippen LogP contribution in [0, 0.1) is 11.3 Å². The summed E-state index contributed by atoms with van der Waals surface area (Å²) in [5.74, 6) is 0.574. The van der Waals surface area contributed by atoms with E-state index in [1.165, 1.54) is 44.7 Å². The number of piperazine rings is 1. The number of hydrogen-bond acceptors (Lipinski definition) is 3. The normalized spacial score (nSPS) is 28.6. The molecule has 0 amide bonds. The van der Waals surface area contributed by atoms with Crippen LogP contribution in [-0.2, 0) is 11.2 Å². The Balaban J connectivity index is 1.71. The van der Waals surface area contributed by atoms with E-state index < -0.39 is 0 Å². The van der Waals surface area contributed by atoms with Crippen molar-refractivity contribution in [1.82, 2.24) is 9.80 Å². The molecule has 3 rings (SSSR count). The Hall–Kier alpha value is -0.610. The van der Waals surface area contributed by atoms with E-state index in [0.717, 1.165) is 30.9 Å². The van der Waals surface area contributed by atoms with Crippen molar-refractivity contribution in [2.75, 3.05) is 46.4 Å². The van der Waals surface area contributed by atoms with Gasteiger partial charge in [-0.3, -0.25) is 0 Å². The molecule has 2 aliphatic rings. The molecule has 3 nitrogen and oxygen atoms in total. The highest BCUT2D eigenvalue weighted by molar-refractivity contribution is 6.31. The molecule has 0 saturated carbocycles. The Morgan fingerprint density at radius 2 is 1.92 bits per heavy atom. The largest absolute Gasteiger partial charge is 0.378 e. The van der Waals surface area contributed by atoms with Crippen LogP contribution in [-0.4, -0.2) is 62.3 Å². The molecule has 0 bridgehead atoms. The van der Waals surface area contributed by atoms with Gasteiger partial charge in [-0.15, -0.1) is 0 Å². The number of rotatable bonds is 6. The highest BCUT2D eigenvalue weighted by Crippen LogP contribution is 2.43. The SMILES string of the molecule is CC(C)C1CC(CCN2CCN(C)CC2)(Cc2ccccc2Cl)CCO1. The summed E-state index contributed by atoms with van der Waals surface area (Å²) in [6.45, 7) is 11.4. The number of halogens is 1. The number of nitrogens with zero attached hydrogens (tertiary/aromatic N) is 2. The Bertz CT molecular complexity index is 571. The van der Waals surface area contributed by atoms with Gasteiger partial charge in [-0.05, 0) is 62.2 Å². The molecule has 2 heterocycles. The van der Waals surface area contributed by atoms with Crippen LogP contribution in [0.3, 0.4) is 0 Å². The van der Waals surface area contributed by atoms with Crippen molar-refractivity contribution in [1.29, 1.82) is 0 Å². The maximum atomic E-state index is 6.52. The number of likely N-dealkylation sites (N-methyl/N-ethyl adjacent to an activating group) is 1. The lowest BCUT2D eigenvalue weighted by Gasteiger charge is -2.44. The lowest BCUT2D eigenvalue weighted by Crippen LogP contribution is -2.47. The third-order valence-electron chi connectivity index (χ3n) is 6.42. The second kappa shape index (κ2) is 9.05. The number of hydrogen-bond donors (Lipinski definition) is 0. The maximum Gasteiger partial charge on any atom is 0.0603 e. The zero-order valence-electron chi connectivity index (χ0n) is 16.7. The van der Waals surface area contributed by atoms with Crippen molar-refractivity contribution in [2.24, 2.45) is 11.3 Å². The average Bonchev–Trinajstić information content (AvgIpc) is 2.63. The zero-order chi connectivity index (χ0) is 18.6. The summed E-state index contributed by atoms with van der Waals surface area (Å²) < 4.78 is 6.12. The van der Waals surface area contributed by atoms with Crippen LogP contribution in [0.5, 0.6) is 0 Å². The molecule has 0 aromatic heterocycles. The van der Waals surface area contributed by atoms with E-state index in [1.807, 2.05) is 12.1 Å². The Labute approximate surface area is 164 Å². The third-order valence-corrected chi connectivity index (χ3v) is 6.79. The topological polar surface area (TPSA) is 15.7 Å². The van der Waals surface area contributed by atoms with E-state index in [2.05, 4.69) is 42.8 Å². The standard InChI is InChI=1S/C22H35ClN2O/c1-18(2)21-17-22(9-15-26-21,16-19-6-4-5-7-20(19)23)8-10-25-13-11-24(3)12-14-25/h4-7,18,21H,8-17H2,1-3H3. The first-order valence-corrected chi connectivity index (χ1v) is 10.6. The summed E-state index contributed by atoms with van der Waals surface area (Å²) in [5.41, 5.74) is 1.61. The fourth-order valence-corrected chi connectivity index (χ4v) is 4.63. The highest BCUT2D eigenvalue weighted by Gasteiger charge is 2.38. The molecule has 1 aromatic rings. The molecule has 0 spiro atoms. The monoisotopic (exact) mass is 378 g/mol. The molecule has 0 aliphatic carbocycles. The van der Waals surface area contributed by atoms with Crippen LogP contribution < -0.4 is 0 Å². The Morgan fingerprint density at radius 3 is 2.62 bits per heavy atom. The molecule has 0 radical (unpaired) electrons. The van der Waals surface area contributed by atoms with Crippen LogP contribution in [0.25, 0.3) is 0 Å². The molecule has 2 aliphatic heterocycles. The molecule has 0 N–H and O–H groups in total. The van der Waals surface area contributed by atoms with Crippen molar-refractivity contribution in [3.63, 3.8) is 0 Å². The fourth-order valence-electron chi connectivity index (χ4n) is 4.43. The van der Waals surface area contributed by atoms with E-state index in [4.69, 9.17) is 16.3 Å². The van der Waals surface area contributed by atoms with E-state index in [9.17, 15) is 0 Å². The van der Waals surface area contributed by atoms with Crippen molar-refractivity contribution in [3.05, 3.63) is 34.9 Å². The first-order chi connectivity index (χ1) is 12.5. The van der Waals surface area contributed by atoms with Gasteiger partial charge in [-0.2, -0.15) is 0 Å². The van der Waals surface area contributed by atoms with Gasteiger partial charge in [0.05, 0.1) is 6.10 Å². The summed E-state index contributed by atoms with van der Waals surface area (Å²) in [4.78, 5) is 5.08. The smallest absolute Gasteiger partial charge is 0.0603 e. The van der Waals surface area contributed by atoms with Gasteiger partial charge in [-0.25, -0.2) is 0 Å². The first-order valence-electron chi connectivity index (χ1n) is 10.2. The minimum Gasteiger partial charge on any atom is -0.378 e. The summed E-state index contributed by atoms with van der Waals surface area (Å²) in [7, 11) is 2.22. The van der Waals surface area contributed by atoms with Gasteiger partial charge < -0.3 is 14.5 Å². The second-order valence-electron chi connectivity index (χ2n) is 8.77. The van der Waals surface area contributed by atoms with Gasteiger partial charge in [0.25, 0.3) is 0 Å². The molecular formula is C22H35ClN2O. The average molecular weight is 379 g/mol. The van der Waals surface area contributed by atoms with Crippen LogP contribution in [0.2, 0.25) is 5.02 Å². The van der Waals surface area contributed by atoms with E-state index >= 15 is 0 Å². The minimum absolute atomic E-state index is 0.307. The molecule has 2 atom stereocenters. The zero-order valence-corrected chi connectivity index (χ0v) is 17.5. The minimum atomic E-state index is 0.307. The molecule has 26 heavy (non-hydrogen) atoms. The van der Waals surface area contributed by atoms with Crippen LogP contribution >= 0.6 is 11.6 Å². The molecular weight excluding hydrogens is 344 g/mol. The van der Waals surface area contributed by atoms with Gasteiger partial charge >= 0.3 is 0 Å². The quantitative estimate of drug-likeness (QED) is 0.732. The lowest BCUT2D eigenvalue weighted by molar-refractivity contribution is -0.0748. The summed E-state index contributed by atoms with van der Waals surface area (Å²) in [6, 6.07) is 8.39. The molecule has 2 saturated heterocycles. The van der Waals surface area contributed by atoms with Gasteiger partial charge in [0.15, 0.2) is 0 Å². The summed E-state index contributed by atoms with van der Waals surface area (Å²) in [6.07, 6.45) is 5.00. The second-order valence-corrected chi connectivity index (χ2v) is 9.18. The maximum absolute atomic E-state index is 6.52. The molecule has 4 heteroatoms. The lowest BCUT2D eigenvalue weighted by atomic mass is 9.69. The van der Waals surface area contributed by atoms with Gasteiger partial charge in [0.2, 0.25) is 0 Å².